The predicted molar refractivity (Wildman–Crippen MR) is 86.4 cm³/mol. The third-order valence-electron chi connectivity index (χ3n) is 3.42. The second-order valence-electron chi connectivity index (χ2n) is 4.94. The first-order valence-electron chi connectivity index (χ1n) is 6.68. The van der Waals surface area contributed by atoms with Gasteiger partial charge in [-0.3, -0.25) is 0 Å². The minimum Gasteiger partial charge on any atom is -0.338 e. The highest BCUT2D eigenvalue weighted by Crippen LogP contribution is 2.25. The summed E-state index contributed by atoms with van der Waals surface area (Å²) in [5.41, 5.74) is 1.71. The van der Waals surface area contributed by atoms with Crippen LogP contribution in [0.4, 0.5) is 0 Å². The maximum atomic E-state index is 6.27. The molecular formula is C14H15BrClN5. The Kier molecular flexibility index (Phi) is 3.99. The van der Waals surface area contributed by atoms with Gasteiger partial charge in [0.05, 0.1) is 5.38 Å². The Balaban J connectivity index is 1.99. The van der Waals surface area contributed by atoms with Crippen LogP contribution in [-0.2, 0) is 20.0 Å². The van der Waals surface area contributed by atoms with Crippen molar-refractivity contribution in [1.29, 1.82) is 0 Å². The molecule has 1 atom stereocenters. The topological polar surface area (TPSA) is 48.5 Å². The Morgan fingerprint density at radius 3 is 2.86 bits per heavy atom. The first kappa shape index (κ1) is 14.5. The Hall–Kier alpha value is -1.40. The van der Waals surface area contributed by atoms with Crippen LogP contribution in [0.25, 0.3) is 11.2 Å². The van der Waals surface area contributed by atoms with Crippen molar-refractivity contribution in [3.8, 4) is 0 Å². The van der Waals surface area contributed by atoms with Crippen molar-refractivity contribution >= 4 is 38.7 Å². The maximum Gasteiger partial charge on any atom is 0.160 e. The van der Waals surface area contributed by atoms with Gasteiger partial charge in [0.15, 0.2) is 5.65 Å². The fourth-order valence-corrected chi connectivity index (χ4v) is 2.86. The van der Waals surface area contributed by atoms with Crippen LogP contribution in [0, 0.1) is 0 Å². The lowest BCUT2D eigenvalue weighted by Gasteiger charge is -2.09. The summed E-state index contributed by atoms with van der Waals surface area (Å²) in [6, 6.07) is 1.96. The standard InChI is InChI=1S/C14H15BrClN5/c1-9(16)13-19-11-7-10(15)8-18-14(11)21(13)5-3-12-17-4-6-20(12)2/h4,6-9H,3,5H2,1-2H3. The van der Waals surface area contributed by atoms with Gasteiger partial charge in [-0.25, -0.2) is 15.0 Å². The van der Waals surface area contributed by atoms with Crippen LogP contribution in [0.15, 0.2) is 29.1 Å². The van der Waals surface area contributed by atoms with E-state index in [1.807, 2.05) is 37.0 Å². The molecule has 0 radical (unpaired) electrons. The van der Waals surface area contributed by atoms with Crippen LogP contribution in [0.3, 0.4) is 0 Å². The first-order valence-corrected chi connectivity index (χ1v) is 7.91. The number of rotatable bonds is 4. The lowest BCUT2D eigenvalue weighted by Crippen LogP contribution is -2.10. The number of halogens is 2. The van der Waals surface area contributed by atoms with E-state index >= 15 is 0 Å². The molecule has 5 nitrogen and oxygen atoms in total. The molecule has 7 heteroatoms. The molecule has 21 heavy (non-hydrogen) atoms. The van der Waals surface area contributed by atoms with E-state index in [2.05, 4.69) is 35.4 Å². The normalized spacial score (nSPS) is 13.0. The zero-order valence-electron chi connectivity index (χ0n) is 11.8. The molecule has 0 amide bonds. The first-order chi connectivity index (χ1) is 10.1. The van der Waals surface area contributed by atoms with Crippen molar-refractivity contribution in [3.05, 3.63) is 40.8 Å². The largest absolute Gasteiger partial charge is 0.338 e. The third kappa shape index (κ3) is 2.82. The summed E-state index contributed by atoms with van der Waals surface area (Å²) in [5.74, 6) is 1.87. The number of fused-ring (bicyclic) bond motifs is 1. The van der Waals surface area contributed by atoms with Crippen LogP contribution in [0.2, 0.25) is 0 Å². The molecule has 0 saturated carbocycles. The van der Waals surface area contributed by atoms with Gasteiger partial charge >= 0.3 is 0 Å². The van der Waals surface area contributed by atoms with Gasteiger partial charge in [0.2, 0.25) is 0 Å². The van der Waals surface area contributed by atoms with Gasteiger partial charge in [0.1, 0.15) is 17.2 Å². The van der Waals surface area contributed by atoms with Gasteiger partial charge in [0.25, 0.3) is 0 Å². The number of hydrogen-bond acceptors (Lipinski definition) is 3. The van der Waals surface area contributed by atoms with E-state index in [0.717, 1.165) is 40.3 Å². The van der Waals surface area contributed by atoms with Gasteiger partial charge in [-0.1, -0.05) is 0 Å². The number of aromatic nitrogens is 5. The van der Waals surface area contributed by atoms with E-state index in [1.165, 1.54) is 0 Å². The summed E-state index contributed by atoms with van der Waals surface area (Å²) in [4.78, 5) is 13.4. The number of imidazole rings is 2. The highest BCUT2D eigenvalue weighted by atomic mass is 79.9. The van der Waals surface area contributed by atoms with E-state index in [1.54, 1.807) is 6.20 Å². The molecule has 110 valence electrons. The molecule has 3 aromatic heterocycles. The van der Waals surface area contributed by atoms with E-state index < -0.39 is 0 Å². The fraction of sp³-hybridized carbons (Fsp3) is 0.357. The summed E-state index contributed by atoms with van der Waals surface area (Å²) < 4.78 is 5.01. The minimum absolute atomic E-state index is 0.167. The van der Waals surface area contributed by atoms with E-state index in [4.69, 9.17) is 11.6 Å². The summed E-state index contributed by atoms with van der Waals surface area (Å²) in [6.45, 7) is 2.68. The molecule has 0 aliphatic rings. The molecule has 0 aliphatic carbocycles. The smallest absolute Gasteiger partial charge is 0.160 e. The van der Waals surface area contributed by atoms with E-state index in [-0.39, 0.29) is 5.38 Å². The SMILES string of the molecule is CC(Cl)c1nc2cc(Br)cnc2n1CCc1nccn1C. The summed E-state index contributed by atoms with van der Waals surface area (Å²) in [5, 5.41) is -0.167. The molecule has 0 fully saturated rings. The van der Waals surface area contributed by atoms with Crippen molar-refractivity contribution < 1.29 is 0 Å². The zero-order chi connectivity index (χ0) is 15.0. The van der Waals surface area contributed by atoms with Crippen molar-refractivity contribution in [2.24, 2.45) is 7.05 Å². The Bertz CT molecular complexity index is 777. The Morgan fingerprint density at radius 1 is 1.38 bits per heavy atom. The molecule has 0 aromatic carbocycles. The van der Waals surface area contributed by atoms with Crippen LogP contribution in [0.1, 0.15) is 23.9 Å². The summed E-state index contributed by atoms with van der Waals surface area (Å²) in [7, 11) is 1.99. The second kappa shape index (κ2) is 5.77. The van der Waals surface area contributed by atoms with Gasteiger partial charge < -0.3 is 9.13 Å². The van der Waals surface area contributed by atoms with E-state index in [0.29, 0.717) is 0 Å². The molecule has 0 N–H and O–H groups in total. The molecule has 0 aliphatic heterocycles. The lowest BCUT2D eigenvalue weighted by atomic mass is 10.3. The number of alkyl halides is 1. The monoisotopic (exact) mass is 367 g/mol. The number of nitrogens with zero attached hydrogens (tertiary/aromatic N) is 5. The Morgan fingerprint density at radius 2 is 2.19 bits per heavy atom. The van der Waals surface area contributed by atoms with Gasteiger partial charge in [0, 0.05) is 43.1 Å². The number of aryl methyl sites for hydroxylation is 3. The minimum atomic E-state index is -0.167. The molecular weight excluding hydrogens is 354 g/mol. The second-order valence-corrected chi connectivity index (χ2v) is 6.51. The van der Waals surface area contributed by atoms with Crippen molar-refractivity contribution in [3.63, 3.8) is 0 Å². The van der Waals surface area contributed by atoms with Crippen molar-refractivity contribution in [2.45, 2.75) is 25.3 Å². The van der Waals surface area contributed by atoms with Gasteiger partial charge in [-0.15, -0.1) is 11.6 Å². The summed E-state index contributed by atoms with van der Waals surface area (Å²) >= 11 is 9.69. The third-order valence-corrected chi connectivity index (χ3v) is 4.05. The molecule has 0 saturated heterocycles. The van der Waals surface area contributed by atoms with Crippen LogP contribution in [-0.4, -0.2) is 24.1 Å². The molecule has 3 heterocycles. The van der Waals surface area contributed by atoms with Gasteiger partial charge in [-0.05, 0) is 28.9 Å². The van der Waals surface area contributed by atoms with Crippen LogP contribution >= 0.6 is 27.5 Å². The van der Waals surface area contributed by atoms with Crippen LogP contribution < -0.4 is 0 Å². The average molecular weight is 369 g/mol. The average Bonchev–Trinajstić information content (AvgIpc) is 2.99. The van der Waals surface area contributed by atoms with Crippen LogP contribution in [0.5, 0.6) is 0 Å². The highest BCUT2D eigenvalue weighted by Gasteiger charge is 2.16. The molecule has 0 bridgehead atoms. The van der Waals surface area contributed by atoms with Gasteiger partial charge in [-0.2, -0.15) is 0 Å². The highest BCUT2D eigenvalue weighted by molar-refractivity contribution is 9.10. The Labute approximate surface area is 136 Å². The quantitative estimate of drug-likeness (QED) is 0.663. The zero-order valence-corrected chi connectivity index (χ0v) is 14.1. The predicted octanol–water partition coefficient (Wildman–Crippen LogP) is 3.47. The van der Waals surface area contributed by atoms with E-state index in [9.17, 15) is 0 Å². The fourth-order valence-electron chi connectivity index (χ4n) is 2.38. The molecule has 1 unspecified atom stereocenters. The lowest BCUT2D eigenvalue weighted by molar-refractivity contribution is 0.630. The molecule has 3 rings (SSSR count). The van der Waals surface area contributed by atoms with Crippen molar-refractivity contribution in [1.82, 2.24) is 24.1 Å². The molecule has 3 aromatic rings. The number of pyridine rings is 1. The number of hydrogen-bond donors (Lipinski definition) is 0. The maximum absolute atomic E-state index is 6.27. The van der Waals surface area contributed by atoms with Crippen molar-refractivity contribution in [2.75, 3.05) is 0 Å². The summed E-state index contributed by atoms with van der Waals surface area (Å²) in [6.07, 6.45) is 6.34. The molecule has 0 spiro atoms.